The Morgan fingerprint density at radius 2 is 1.95 bits per heavy atom. The van der Waals surface area contributed by atoms with Crippen LogP contribution in [0.25, 0.3) is 6.08 Å². The average Bonchev–Trinajstić information content (AvgIpc) is 2.49. The van der Waals surface area contributed by atoms with Gasteiger partial charge >= 0.3 is 0 Å². The van der Waals surface area contributed by atoms with Crippen LogP contribution in [0, 0.1) is 0 Å². The van der Waals surface area contributed by atoms with Crippen molar-refractivity contribution in [2.24, 2.45) is 0 Å². The van der Waals surface area contributed by atoms with Gasteiger partial charge in [-0.2, -0.15) is 0 Å². The van der Waals surface area contributed by atoms with Gasteiger partial charge in [0.1, 0.15) is 11.5 Å². The van der Waals surface area contributed by atoms with Gasteiger partial charge in [-0.05, 0) is 30.7 Å². The molecular formula is C17H24O3. The maximum absolute atomic E-state index is 11.7. The lowest BCUT2D eigenvalue weighted by atomic mass is 10.1. The first-order valence-corrected chi connectivity index (χ1v) is 7.14. The van der Waals surface area contributed by atoms with E-state index in [2.05, 4.69) is 6.92 Å². The molecular weight excluding hydrogens is 252 g/mol. The quantitative estimate of drug-likeness (QED) is 0.499. The summed E-state index contributed by atoms with van der Waals surface area (Å²) in [5.41, 5.74) is 0.884. The number of ketones is 1. The predicted octanol–water partition coefficient (Wildman–Crippen LogP) is 4.26. The second kappa shape index (κ2) is 9.18. The number of unbranched alkanes of at least 4 members (excludes halogenated alkanes) is 3. The Balaban J connectivity index is 2.58. The van der Waals surface area contributed by atoms with E-state index in [1.54, 1.807) is 26.4 Å². The molecule has 3 heteroatoms. The van der Waals surface area contributed by atoms with E-state index in [0.717, 1.165) is 24.2 Å². The Kier molecular flexibility index (Phi) is 7.48. The molecule has 20 heavy (non-hydrogen) atoms. The number of ether oxygens (including phenoxy) is 2. The van der Waals surface area contributed by atoms with Crippen LogP contribution in [0.1, 0.15) is 44.6 Å². The van der Waals surface area contributed by atoms with E-state index in [1.807, 2.05) is 18.2 Å². The van der Waals surface area contributed by atoms with Gasteiger partial charge in [-0.25, -0.2) is 0 Å². The summed E-state index contributed by atoms with van der Waals surface area (Å²) < 4.78 is 10.4. The second-order valence-corrected chi connectivity index (χ2v) is 4.72. The van der Waals surface area contributed by atoms with Crippen LogP contribution < -0.4 is 9.47 Å². The molecule has 0 saturated carbocycles. The summed E-state index contributed by atoms with van der Waals surface area (Å²) in [6.45, 7) is 2.16. The Bertz CT molecular complexity index is 450. The number of carbonyl (C=O) groups is 1. The fourth-order valence-corrected chi connectivity index (χ4v) is 1.95. The molecule has 0 N–H and O–H groups in total. The normalized spacial score (nSPS) is 10.8. The van der Waals surface area contributed by atoms with Gasteiger partial charge in [0, 0.05) is 18.1 Å². The summed E-state index contributed by atoms with van der Waals surface area (Å²) in [5.74, 6) is 1.61. The molecule has 0 spiro atoms. The van der Waals surface area contributed by atoms with Crippen molar-refractivity contribution in [3.63, 3.8) is 0 Å². The van der Waals surface area contributed by atoms with E-state index in [0.29, 0.717) is 12.2 Å². The van der Waals surface area contributed by atoms with Gasteiger partial charge in [-0.1, -0.05) is 26.2 Å². The lowest BCUT2D eigenvalue weighted by Gasteiger charge is -2.07. The van der Waals surface area contributed by atoms with E-state index in [-0.39, 0.29) is 5.78 Å². The molecule has 0 bridgehead atoms. The van der Waals surface area contributed by atoms with E-state index in [9.17, 15) is 4.79 Å². The molecule has 0 atom stereocenters. The molecule has 0 heterocycles. The molecule has 1 rings (SSSR count). The molecule has 0 aliphatic rings. The van der Waals surface area contributed by atoms with E-state index < -0.39 is 0 Å². The smallest absolute Gasteiger partial charge is 0.155 e. The van der Waals surface area contributed by atoms with Crippen molar-refractivity contribution in [3.8, 4) is 11.5 Å². The number of hydrogen-bond acceptors (Lipinski definition) is 3. The Hall–Kier alpha value is -1.77. The molecule has 0 radical (unpaired) electrons. The maximum Gasteiger partial charge on any atom is 0.155 e. The first-order chi connectivity index (χ1) is 9.71. The molecule has 0 unspecified atom stereocenters. The largest absolute Gasteiger partial charge is 0.497 e. The molecule has 110 valence electrons. The molecule has 0 amide bonds. The highest BCUT2D eigenvalue weighted by Crippen LogP contribution is 2.25. The second-order valence-electron chi connectivity index (χ2n) is 4.72. The topological polar surface area (TPSA) is 35.5 Å². The van der Waals surface area contributed by atoms with Crippen molar-refractivity contribution in [1.82, 2.24) is 0 Å². The van der Waals surface area contributed by atoms with E-state index >= 15 is 0 Å². The lowest BCUT2D eigenvalue weighted by molar-refractivity contribution is -0.114. The van der Waals surface area contributed by atoms with Gasteiger partial charge in [0.2, 0.25) is 0 Å². The average molecular weight is 276 g/mol. The van der Waals surface area contributed by atoms with Crippen molar-refractivity contribution in [2.75, 3.05) is 14.2 Å². The third kappa shape index (κ3) is 5.47. The van der Waals surface area contributed by atoms with Gasteiger partial charge in [-0.15, -0.1) is 0 Å². The highest BCUT2D eigenvalue weighted by atomic mass is 16.5. The fourth-order valence-electron chi connectivity index (χ4n) is 1.95. The van der Waals surface area contributed by atoms with E-state index in [1.165, 1.54) is 12.8 Å². The Labute approximate surface area is 121 Å². The van der Waals surface area contributed by atoms with Crippen LogP contribution in [0.5, 0.6) is 11.5 Å². The molecule has 0 saturated heterocycles. The van der Waals surface area contributed by atoms with Gasteiger partial charge in [0.05, 0.1) is 14.2 Å². The molecule has 1 aromatic carbocycles. The van der Waals surface area contributed by atoms with Gasteiger partial charge in [0.15, 0.2) is 5.78 Å². The SMILES string of the molecule is CCCCCCC(=O)/C=C/c1ccc(OC)cc1OC. The Morgan fingerprint density at radius 1 is 1.15 bits per heavy atom. The zero-order valence-corrected chi connectivity index (χ0v) is 12.6. The minimum absolute atomic E-state index is 0.166. The van der Waals surface area contributed by atoms with Crippen molar-refractivity contribution in [3.05, 3.63) is 29.8 Å². The summed E-state index contributed by atoms with van der Waals surface area (Å²) in [7, 11) is 3.22. The van der Waals surface area contributed by atoms with Crippen LogP contribution in [-0.2, 0) is 4.79 Å². The molecule has 0 aromatic heterocycles. The minimum Gasteiger partial charge on any atom is -0.497 e. The monoisotopic (exact) mass is 276 g/mol. The van der Waals surface area contributed by atoms with Gasteiger partial charge < -0.3 is 9.47 Å². The number of hydrogen-bond donors (Lipinski definition) is 0. The molecule has 0 fully saturated rings. The van der Waals surface area contributed by atoms with Crippen molar-refractivity contribution >= 4 is 11.9 Å². The fraction of sp³-hybridized carbons (Fsp3) is 0.471. The third-order valence-corrected chi connectivity index (χ3v) is 3.17. The molecule has 0 aliphatic carbocycles. The number of benzene rings is 1. The zero-order chi connectivity index (χ0) is 14.8. The first-order valence-electron chi connectivity index (χ1n) is 7.14. The standard InChI is InChI=1S/C17H24O3/c1-4-5-6-7-8-15(18)11-9-14-10-12-16(19-2)13-17(14)20-3/h9-13H,4-8H2,1-3H3/b11-9+. The van der Waals surface area contributed by atoms with Crippen LogP contribution >= 0.6 is 0 Å². The van der Waals surface area contributed by atoms with Crippen LogP contribution in [-0.4, -0.2) is 20.0 Å². The highest BCUT2D eigenvalue weighted by Gasteiger charge is 2.03. The van der Waals surface area contributed by atoms with Crippen LogP contribution in [0.2, 0.25) is 0 Å². The number of methoxy groups -OCH3 is 2. The van der Waals surface area contributed by atoms with Crippen LogP contribution in [0.4, 0.5) is 0 Å². The zero-order valence-electron chi connectivity index (χ0n) is 12.6. The summed E-state index contributed by atoms with van der Waals surface area (Å²) in [6.07, 6.45) is 8.54. The highest BCUT2D eigenvalue weighted by molar-refractivity contribution is 5.93. The summed E-state index contributed by atoms with van der Waals surface area (Å²) in [6, 6.07) is 5.55. The minimum atomic E-state index is 0.166. The van der Waals surface area contributed by atoms with Crippen molar-refractivity contribution in [2.45, 2.75) is 39.0 Å². The summed E-state index contributed by atoms with van der Waals surface area (Å²) in [4.78, 5) is 11.7. The number of carbonyl (C=O) groups excluding carboxylic acids is 1. The molecule has 0 aliphatic heterocycles. The van der Waals surface area contributed by atoms with Crippen LogP contribution in [0.3, 0.4) is 0 Å². The lowest BCUT2D eigenvalue weighted by Crippen LogP contribution is -1.93. The Morgan fingerprint density at radius 3 is 2.60 bits per heavy atom. The van der Waals surface area contributed by atoms with Crippen molar-refractivity contribution in [1.29, 1.82) is 0 Å². The predicted molar refractivity (Wildman–Crippen MR) is 82.3 cm³/mol. The van der Waals surface area contributed by atoms with Gasteiger partial charge in [0.25, 0.3) is 0 Å². The van der Waals surface area contributed by atoms with E-state index in [4.69, 9.17) is 9.47 Å². The number of allylic oxidation sites excluding steroid dienone is 1. The van der Waals surface area contributed by atoms with Crippen LogP contribution in [0.15, 0.2) is 24.3 Å². The first kappa shape index (κ1) is 16.3. The molecule has 1 aromatic rings. The summed E-state index contributed by atoms with van der Waals surface area (Å²) >= 11 is 0. The third-order valence-electron chi connectivity index (χ3n) is 3.17. The maximum atomic E-state index is 11.7. The van der Waals surface area contributed by atoms with Crippen molar-refractivity contribution < 1.29 is 14.3 Å². The van der Waals surface area contributed by atoms with Gasteiger partial charge in [-0.3, -0.25) is 4.79 Å². The molecule has 3 nitrogen and oxygen atoms in total. The number of rotatable bonds is 9. The summed E-state index contributed by atoms with van der Waals surface area (Å²) in [5, 5.41) is 0.